The molecule has 1 heterocycles. The predicted molar refractivity (Wildman–Crippen MR) is 116 cm³/mol. The number of aliphatic hydroxyl groups is 1. The fourth-order valence-corrected chi connectivity index (χ4v) is 4.37. The van der Waals surface area contributed by atoms with E-state index in [1.54, 1.807) is 24.3 Å². The Morgan fingerprint density at radius 3 is 1.83 bits per heavy atom. The number of thioether (sulfide) groups is 1. The van der Waals surface area contributed by atoms with Crippen molar-refractivity contribution in [3.8, 4) is 0 Å². The Bertz CT molecular complexity index is 864. The molecule has 0 saturated carbocycles. The van der Waals surface area contributed by atoms with Gasteiger partial charge in [0.25, 0.3) is 0 Å². The Balaban J connectivity index is 0.000000248. The number of hydrogen-bond donors (Lipinski definition) is 2. The number of aliphatic hydroxyl groups excluding tert-OH is 1. The van der Waals surface area contributed by atoms with E-state index < -0.39 is 23.5 Å². The summed E-state index contributed by atoms with van der Waals surface area (Å²) < 4.78 is 18.3. The minimum atomic E-state index is -1.23. The number of aryl methyl sites for hydroxylation is 4. The van der Waals surface area contributed by atoms with Crippen LogP contribution in [0.3, 0.4) is 0 Å². The summed E-state index contributed by atoms with van der Waals surface area (Å²) in [5, 5.41) is 17.7. The van der Waals surface area contributed by atoms with Crippen molar-refractivity contribution in [3.05, 3.63) is 69.8 Å². The Kier molecular flexibility index (Phi) is 8.43. The molecule has 1 aliphatic heterocycles. The molecular formula is C23H27FO5S. The second-order valence-corrected chi connectivity index (χ2v) is 8.98. The first-order valence-electron chi connectivity index (χ1n) is 9.59. The third-order valence-corrected chi connectivity index (χ3v) is 5.74. The van der Waals surface area contributed by atoms with E-state index in [0.29, 0.717) is 11.1 Å². The van der Waals surface area contributed by atoms with Crippen molar-refractivity contribution < 1.29 is 28.9 Å². The molecule has 3 unspecified atom stereocenters. The summed E-state index contributed by atoms with van der Waals surface area (Å²) >= 11 is 1.12. The van der Waals surface area contributed by atoms with Crippen molar-refractivity contribution in [3.63, 3.8) is 0 Å². The van der Waals surface area contributed by atoms with Crippen LogP contribution < -0.4 is 0 Å². The molecule has 0 bridgehead atoms. The predicted octanol–water partition coefficient (Wildman–Crippen LogP) is 4.62. The van der Waals surface area contributed by atoms with Gasteiger partial charge in [0.05, 0.1) is 11.1 Å². The monoisotopic (exact) mass is 434 g/mol. The van der Waals surface area contributed by atoms with Gasteiger partial charge in [0, 0.05) is 5.25 Å². The second-order valence-electron chi connectivity index (χ2n) is 7.56. The maximum atomic E-state index is 13.1. The minimum absolute atomic E-state index is 0.133. The van der Waals surface area contributed by atoms with Crippen molar-refractivity contribution in [2.45, 2.75) is 51.0 Å². The van der Waals surface area contributed by atoms with Gasteiger partial charge in [-0.2, -0.15) is 0 Å². The Morgan fingerprint density at radius 2 is 1.43 bits per heavy atom. The van der Waals surface area contributed by atoms with Crippen LogP contribution in [0.25, 0.3) is 0 Å². The zero-order valence-corrected chi connectivity index (χ0v) is 18.3. The van der Waals surface area contributed by atoms with Gasteiger partial charge in [-0.05, 0) is 58.4 Å². The molecule has 0 spiro atoms. The van der Waals surface area contributed by atoms with Crippen LogP contribution >= 0.6 is 11.8 Å². The van der Waals surface area contributed by atoms with Gasteiger partial charge in [-0.1, -0.05) is 34.4 Å². The summed E-state index contributed by atoms with van der Waals surface area (Å²) in [7, 11) is 0. The topological polar surface area (TPSA) is 83.8 Å². The van der Waals surface area contributed by atoms with Crippen LogP contribution in [0, 0.1) is 27.7 Å². The van der Waals surface area contributed by atoms with Crippen molar-refractivity contribution in [1.29, 1.82) is 0 Å². The number of alkyl halides is 1. The van der Waals surface area contributed by atoms with E-state index in [4.69, 9.17) is 9.84 Å². The third-order valence-electron chi connectivity index (χ3n) is 4.46. The molecule has 0 radical (unpaired) electrons. The summed E-state index contributed by atoms with van der Waals surface area (Å²) in [6, 6.07) is 10.8. The number of carbonyl (C=O) groups excluding carboxylic acids is 1. The van der Waals surface area contributed by atoms with E-state index in [1.165, 1.54) is 0 Å². The molecule has 0 amide bonds. The third kappa shape index (κ3) is 7.15. The van der Waals surface area contributed by atoms with Gasteiger partial charge in [0.15, 0.2) is 0 Å². The number of esters is 1. The highest BCUT2D eigenvalue weighted by Gasteiger charge is 2.34. The quantitative estimate of drug-likeness (QED) is 0.683. The summed E-state index contributed by atoms with van der Waals surface area (Å²) in [5.74, 6) is -1.26. The molecule has 1 fully saturated rings. The normalized spacial score (nSPS) is 20.3. The van der Waals surface area contributed by atoms with Gasteiger partial charge < -0.3 is 14.9 Å². The Labute approximate surface area is 180 Å². The van der Waals surface area contributed by atoms with Crippen LogP contribution in [0.15, 0.2) is 36.4 Å². The molecule has 2 aromatic carbocycles. The SMILES string of the molecule is Cc1cc(C)cc(C(=O)O)c1.Cc1cc(C)cc(C(=O)OCC2CC(F)C(O)S2)c1. The minimum Gasteiger partial charge on any atom is -0.478 e. The molecule has 162 valence electrons. The maximum Gasteiger partial charge on any atom is 0.338 e. The van der Waals surface area contributed by atoms with E-state index in [1.807, 2.05) is 39.8 Å². The van der Waals surface area contributed by atoms with Gasteiger partial charge in [0.1, 0.15) is 18.2 Å². The first-order chi connectivity index (χ1) is 14.0. The number of benzene rings is 2. The van der Waals surface area contributed by atoms with Crippen molar-refractivity contribution in [2.24, 2.45) is 0 Å². The number of hydrogen-bond acceptors (Lipinski definition) is 5. The molecule has 2 N–H and O–H groups in total. The van der Waals surface area contributed by atoms with E-state index in [2.05, 4.69) is 0 Å². The van der Waals surface area contributed by atoms with Gasteiger partial charge in [-0.25, -0.2) is 14.0 Å². The summed E-state index contributed by atoms with van der Waals surface area (Å²) in [6.45, 7) is 7.74. The first-order valence-corrected chi connectivity index (χ1v) is 10.5. The summed E-state index contributed by atoms with van der Waals surface area (Å²) in [6.07, 6.45) is -0.999. The fraction of sp³-hybridized carbons (Fsp3) is 0.391. The fourth-order valence-electron chi connectivity index (χ4n) is 3.26. The average Bonchev–Trinajstić information content (AvgIpc) is 2.96. The van der Waals surface area contributed by atoms with Crippen LogP contribution in [-0.2, 0) is 4.74 Å². The zero-order valence-electron chi connectivity index (χ0n) is 17.5. The van der Waals surface area contributed by atoms with Crippen LogP contribution in [0.1, 0.15) is 49.4 Å². The van der Waals surface area contributed by atoms with Crippen LogP contribution in [0.2, 0.25) is 0 Å². The lowest BCUT2D eigenvalue weighted by molar-refractivity contribution is 0.0498. The maximum absolute atomic E-state index is 13.1. The Hall–Kier alpha value is -2.38. The van der Waals surface area contributed by atoms with Gasteiger partial charge in [0.2, 0.25) is 0 Å². The lowest BCUT2D eigenvalue weighted by Gasteiger charge is -2.10. The summed E-state index contributed by atoms with van der Waals surface area (Å²) in [4.78, 5) is 22.4. The highest BCUT2D eigenvalue weighted by Crippen LogP contribution is 2.34. The van der Waals surface area contributed by atoms with Crippen molar-refractivity contribution >= 4 is 23.7 Å². The number of carboxylic acids is 1. The number of aromatic carboxylic acids is 1. The molecular weight excluding hydrogens is 407 g/mol. The molecule has 1 aliphatic rings. The zero-order chi connectivity index (χ0) is 22.4. The van der Waals surface area contributed by atoms with E-state index in [-0.39, 0.29) is 18.3 Å². The lowest BCUT2D eigenvalue weighted by atomic mass is 10.1. The first kappa shape index (κ1) is 23.9. The molecule has 0 aromatic heterocycles. The second kappa shape index (κ2) is 10.6. The number of rotatable bonds is 4. The van der Waals surface area contributed by atoms with Gasteiger partial charge in [-0.15, -0.1) is 11.8 Å². The highest BCUT2D eigenvalue weighted by molar-refractivity contribution is 8.00. The molecule has 7 heteroatoms. The molecule has 1 saturated heterocycles. The van der Waals surface area contributed by atoms with E-state index in [0.717, 1.165) is 34.0 Å². The standard InChI is InChI=1S/C14H17FO3S.C9H10O2/c1-8-3-9(2)5-10(4-8)13(16)18-7-11-6-12(15)14(17)19-11;1-6-3-7(2)5-8(4-6)9(10)11/h3-5,11-12,14,17H,6-7H2,1-2H3;3-5H,1-2H3,(H,10,11). The van der Waals surface area contributed by atoms with Crippen LogP contribution in [-0.4, -0.2) is 45.6 Å². The molecule has 5 nitrogen and oxygen atoms in total. The number of carbonyl (C=O) groups is 2. The highest BCUT2D eigenvalue weighted by atomic mass is 32.2. The van der Waals surface area contributed by atoms with Crippen molar-refractivity contribution in [2.75, 3.05) is 6.61 Å². The van der Waals surface area contributed by atoms with Gasteiger partial charge in [-0.3, -0.25) is 0 Å². The molecule has 3 rings (SSSR count). The number of carboxylic acid groups (broad SMARTS) is 1. The van der Waals surface area contributed by atoms with Crippen LogP contribution in [0.5, 0.6) is 0 Å². The molecule has 30 heavy (non-hydrogen) atoms. The Morgan fingerprint density at radius 1 is 0.967 bits per heavy atom. The average molecular weight is 435 g/mol. The van der Waals surface area contributed by atoms with E-state index >= 15 is 0 Å². The molecule has 2 aromatic rings. The van der Waals surface area contributed by atoms with Crippen LogP contribution in [0.4, 0.5) is 4.39 Å². The smallest absolute Gasteiger partial charge is 0.338 e. The van der Waals surface area contributed by atoms with Gasteiger partial charge >= 0.3 is 11.9 Å². The van der Waals surface area contributed by atoms with E-state index in [9.17, 15) is 19.1 Å². The lowest BCUT2D eigenvalue weighted by Crippen LogP contribution is -2.15. The number of ether oxygens (including phenoxy) is 1. The molecule has 3 atom stereocenters. The largest absolute Gasteiger partial charge is 0.478 e. The summed E-state index contributed by atoms with van der Waals surface area (Å²) in [5.41, 5.74) is 3.86. The number of halogens is 1. The van der Waals surface area contributed by atoms with Crippen molar-refractivity contribution in [1.82, 2.24) is 0 Å². The molecule has 0 aliphatic carbocycles.